The van der Waals surface area contributed by atoms with Crippen molar-refractivity contribution in [3.8, 4) is 33.6 Å². The van der Waals surface area contributed by atoms with Gasteiger partial charge in [-0.3, -0.25) is 9.59 Å². The van der Waals surface area contributed by atoms with E-state index in [1.165, 1.54) is 21.3 Å². The number of methoxy groups -OCH3 is 3. The predicted octanol–water partition coefficient (Wildman–Crippen LogP) is 6.36. The maximum atomic E-state index is 13.5. The Morgan fingerprint density at radius 3 is 1.82 bits per heavy atom. The lowest BCUT2D eigenvalue weighted by molar-refractivity contribution is -0.135. The molecule has 0 aliphatic carbocycles. The molecule has 5 rings (SSSR count). The van der Waals surface area contributed by atoms with Gasteiger partial charge in [0.15, 0.2) is 0 Å². The van der Waals surface area contributed by atoms with Crippen LogP contribution in [-0.4, -0.2) is 89.9 Å². The first-order valence-corrected chi connectivity index (χ1v) is 18.6. The average molecular weight is 756 g/mol. The number of likely N-dealkylation sites (tertiary alicyclic amines) is 1. The molecule has 0 unspecified atom stereocenters. The van der Waals surface area contributed by atoms with Crippen LogP contribution in [0.4, 0.5) is 9.59 Å². The number of imidazole rings is 1. The Kier molecular flexibility index (Phi) is 13.4. The summed E-state index contributed by atoms with van der Waals surface area (Å²) in [5.41, 5.74) is 6.79. The molecule has 5 atom stereocenters. The zero-order valence-electron chi connectivity index (χ0n) is 32.8. The number of amides is 4. The van der Waals surface area contributed by atoms with Crippen LogP contribution >= 0.6 is 0 Å². The fraction of sp³-hybridized carbons (Fsp3) is 0.439. The third kappa shape index (κ3) is 9.55. The molecule has 1 saturated heterocycles. The number of carbonyl (C=O) groups excluding carboxylic acids is 4. The fourth-order valence-corrected chi connectivity index (χ4v) is 6.84. The van der Waals surface area contributed by atoms with Crippen LogP contribution in [0, 0.1) is 11.8 Å². The van der Waals surface area contributed by atoms with Gasteiger partial charge in [-0.2, -0.15) is 0 Å². The molecule has 2 aromatic carbocycles. The first kappa shape index (κ1) is 40.6. The normalized spacial score (nSPS) is 16.3. The van der Waals surface area contributed by atoms with Crippen molar-refractivity contribution in [3.05, 3.63) is 78.4 Å². The van der Waals surface area contributed by atoms with Crippen molar-refractivity contribution in [2.75, 3.05) is 27.9 Å². The molecular formula is C41H53N7O7. The van der Waals surface area contributed by atoms with E-state index in [0.29, 0.717) is 12.4 Å². The van der Waals surface area contributed by atoms with Gasteiger partial charge >= 0.3 is 12.2 Å². The number of hydrogen-bond donors (Lipinski definition) is 5. The number of aromatic nitrogens is 3. The Balaban J connectivity index is 1.25. The highest BCUT2D eigenvalue weighted by molar-refractivity contribution is 5.87. The lowest BCUT2D eigenvalue weighted by Gasteiger charge is -2.30. The summed E-state index contributed by atoms with van der Waals surface area (Å²) in [6.07, 6.45) is 1.53. The quantitative estimate of drug-likeness (QED) is 0.0987. The van der Waals surface area contributed by atoms with Crippen molar-refractivity contribution in [3.63, 3.8) is 0 Å². The van der Waals surface area contributed by atoms with Gasteiger partial charge in [0.1, 0.15) is 17.9 Å². The van der Waals surface area contributed by atoms with Crippen molar-refractivity contribution in [2.45, 2.75) is 77.7 Å². The summed E-state index contributed by atoms with van der Waals surface area (Å²) >= 11 is 0. The van der Waals surface area contributed by atoms with Gasteiger partial charge in [-0.25, -0.2) is 14.6 Å². The van der Waals surface area contributed by atoms with Crippen LogP contribution in [0.5, 0.6) is 0 Å². The number of H-pyrrole nitrogens is 2. The average Bonchev–Trinajstić information content (AvgIpc) is 3.99. The molecule has 0 spiro atoms. The van der Waals surface area contributed by atoms with Crippen LogP contribution in [-0.2, 0) is 23.8 Å². The number of aromatic amines is 2. The van der Waals surface area contributed by atoms with Gasteiger partial charge in [-0.15, -0.1) is 0 Å². The molecule has 3 heterocycles. The van der Waals surface area contributed by atoms with Gasteiger partial charge in [0.25, 0.3) is 0 Å². The van der Waals surface area contributed by atoms with Gasteiger partial charge in [-0.05, 0) is 66.0 Å². The SMILES string of the molecule is COC(=O)N[C@H](C(=O)N1CCC[C@H]1c1ccc(-c2ccc(-c3ccc(-c4cnc([C@@H](NC(=O)[C@@H](NC(=O)OC)[C@@H](C)OC)C(C)C)[nH]4)cc3)cc2)[nH]1)C(C)C. The highest BCUT2D eigenvalue weighted by Gasteiger charge is 2.37. The Labute approximate surface area is 322 Å². The maximum Gasteiger partial charge on any atom is 0.407 e. The van der Waals surface area contributed by atoms with Crippen LogP contribution in [0.15, 0.2) is 66.9 Å². The number of rotatable bonds is 14. The topological polar surface area (TPSA) is 180 Å². The highest BCUT2D eigenvalue weighted by atomic mass is 16.5. The summed E-state index contributed by atoms with van der Waals surface area (Å²) in [5.74, 6) is -0.0307. The first-order chi connectivity index (χ1) is 26.3. The van der Waals surface area contributed by atoms with E-state index in [4.69, 9.17) is 14.2 Å². The van der Waals surface area contributed by atoms with Crippen molar-refractivity contribution < 1.29 is 33.4 Å². The van der Waals surface area contributed by atoms with Gasteiger partial charge in [-0.1, -0.05) is 76.2 Å². The van der Waals surface area contributed by atoms with Crippen molar-refractivity contribution >= 4 is 24.0 Å². The van der Waals surface area contributed by atoms with E-state index in [1.54, 1.807) is 13.1 Å². The van der Waals surface area contributed by atoms with Crippen molar-refractivity contribution in [2.24, 2.45) is 11.8 Å². The maximum absolute atomic E-state index is 13.5. The van der Waals surface area contributed by atoms with E-state index in [1.807, 2.05) is 56.9 Å². The fourth-order valence-electron chi connectivity index (χ4n) is 6.84. The minimum Gasteiger partial charge on any atom is -0.453 e. The molecule has 55 heavy (non-hydrogen) atoms. The molecule has 5 N–H and O–H groups in total. The van der Waals surface area contributed by atoms with E-state index < -0.39 is 42.3 Å². The number of nitrogens with one attached hydrogen (secondary N) is 5. The molecule has 14 nitrogen and oxygen atoms in total. The summed E-state index contributed by atoms with van der Waals surface area (Å²) in [7, 11) is 4.00. The second-order valence-electron chi connectivity index (χ2n) is 14.5. The van der Waals surface area contributed by atoms with Gasteiger partial charge < -0.3 is 45.0 Å². The van der Waals surface area contributed by atoms with Crippen LogP contribution in [0.1, 0.15) is 71.1 Å². The molecule has 0 bridgehead atoms. The van der Waals surface area contributed by atoms with Crippen LogP contribution in [0.25, 0.3) is 33.6 Å². The number of alkyl carbamates (subject to hydrolysis) is 2. The smallest absolute Gasteiger partial charge is 0.407 e. The van der Waals surface area contributed by atoms with E-state index in [-0.39, 0.29) is 23.8 Å². The molecule has 2 aromatic heterocycles. The lowest BCUT2D eigenvalue weighted by Crippen LogP contribution is -2.54. The van der Waals surface area contributed by atoms with E-state index >= 15 is 0 Å². The number of nitrogens with zero attached hydrogens (tertiary/aromatic N) is 2. The summed E-state index contributed by atoms with van der Waals surface area (Å²) in [4.78, 5) is 64.0. The van der Waals surface area contributed by atoms with Crippen LogP contribution in [0.2, 0.25) is 0 Å². The standard InChI is InChI=1S/C41H53N7O7/c1-23(2)34(45-38(49)36(25(5)53-6)47-41(52)55-8)37-42-22-32(44-37)29-17-13-27(14-18-29)26-11-15-28(16-12-26)30-19-20-31(43-30)33-10-9-21-48(33)39(50)35(24(3)4)46-40(51)54-7/h11-20,22-25,33-36,43H,9-10,21H2,1-8H3,(H,42,44)(H,45,49)(H,46,51)(H,47,52)/t25-,33+,34+,35+,36+/m1/s1. The Hall–Kier alpha value is -5.63. The number of benzene rings is 2. The number of ether oxygens (including phenoxy) is 3. The molecule has 0 saturated carbocycles. The zero-order chi connectivity index (χ0) is 39.8. The summed E-state index contributed by atoms with van der Waals surface area (Å²) in [6.45, 7) is 10.1. The Morgan fingerprint density at radius 1 is 0.709 bits per heavy atom. The lowest BCUT2D eigenvalue weighted by atomic mass is 10.0. The Bertz CT molecular complexity index is 1920. The third-order valence-electron chi connectivity index (χ3n) is 10.2. The molecule has 0 radical (unpaired) electrons. The molecule has 294 valence electrons. The zero-order valence-corrected chi connectivity index (χ0v) is 32.8. The largest absolute Gasteiger partial charge is 0.453 e. The van der Waals surface area contributed by atoms with Crippen LogP contribution < -0.4 is 16.0 Å². The minimum atomic E-state index is -0.961. The van der Waals surface area contributed by atoms with E-state index in [0.717, 1.165) is 52.2 Å². The molecule has 4 aromatic rings. The number of carbonyl (C=O) groups is 4. The minimum absolute atomic E-state index is 0.0107. The first-order valence-electron chi connectivity index (χ1n) is 18.6. The summed E-state index contributed by atoms with van der Waals surface area (Å²) in [5, 5.41) is 8.26. The molecule has 4 amide bonds. The molecular weight excluding hydrogens is 702 g/mol. The van der Waals surface area contributed by atoms with Gasteiger partial charge in [0.2, 0.25) is 11.8 Å². The van der Waals surface area contributed by atoms with E-state index in [2.05, 4.69) is 67.3 Å². The molecule has 1 aliphatic rings. The summed E-state index contributed by atoms with van der Waals surface area (Å²) in [6, 6.07) is 18.4. The van der Waals surface area contributed by atoms with Gasteiger partial charge in [0, 0.05) is 25.0 Å². The predicted molar refractivity (Wildman–Crippen MR) is 209 cm³/mol. The van der Waals surface area contributed by atoms with Crippen molar-refractivity contribution in [1.82, 2.24) is 35.8 Å². The second kappa shape index (κ2) is 18.1. The molecule has 1 aliphatic heterocycles. The van der Waals surface area contributed by atoms with Gasteiger partial charge in [0.05, 0.1) is 44.3 Å². The molecule has 14 heteroatoms. The van der Waals surface area contributed by atoms with Crippen LogP contribution in [0.3, 0.4) is 0 Å². The summed E-state index contributed by atoms with van der Waals surface area (Å²) < 4.78 is 14.8. The number of hydrogen-bond acceptors (Lipinski definition) is 8. The third-order valence-corrected chi connectivity index (χ3v) is 10.2. The monoisotopic (exact) mass is 755 g/mol. The van der Waals surface area contributed by atoms with Crippen molar-refractivity contribution in [1.29, 1.82) is 0 Å². The van der Waals surface area contributed by atoms with E-state index in [9.17, 15) is 19.2 Å². The highest BCUT2D eigenvalue weighted by Crippen LogP contribution is 2.35. The second-order valence-corrected chi connectivity index (χ2v) is 14.5. The Morgan fingerprint density at radius 2 is 1.27 bits per heavy atom. The molecule has 1 fully saturated rings.